The smallest absolute Gasteiger partial charge is 0.194 e. The first-order chi connectivity index (χ1) is 24.7. The maximum Gasteiger partial charge on any atom is 0.194 e. The summed E-state index contributed by atoms with van der Waals surface area (Å²) >= 11 is 0. The van der Waals surface area contributed by atoms with Crippen LogP contribution in [-0.2, 0) is 5.41 Å². The molecular weight excluding hydrogens is 619 g/mol. The molecule has 2 atom stereocenters. The van der Waals surface area contributed by atoms with Gasteiger partial charge in [0.25, 0.3) is 0 Å². The molecule has 0 N–H and O–H groups in total. The lowest BCUT2D eigenvalue weighted by atomic mass is 9.74. The second kappa shape index (κ2) is 10.9. The zero-order chi connectivity index (χ0) is 34.6. The maximum atomic E-state index is 13.7. The molecule has 6 aliphatic rings. The van der Waals surface area contributed by atoms with Crippen LogP contribution in [-0.4, -0.2) is 5.78 Å². The van der Waals surface area contributed by atoms with Crippen molar-refractivity contribution in [2.45, 2.75) is 64.7 Å². The normalized spacial score (nSPS) is 22.7. The third-order valence-corrected chi connectivity index (χ3v) is 12.9. The van der Waals surface area contributed by atoms with Gasteiger partial charge in [0.2, 0.25) is 0 Å². The third kappa shape index (κ3) is 4.32. The predicted octanol–water partition coefficient (Wildman–Crippen LogP) is 12.5. The van der Waals surface area contributed by atoms with Crippen molar-refractivity contribution in [2.75, 3.05) is 4.90 Å². The Bertz CT molecular complexity index is 2380. The topological polar surface area (TPSA) is 20.3 Å². The average Bonchev–Trinajstić information content (AvgIpc) is 3.68. The van der Waals surface area contributed by atoms with Crippen LogP contribution in [0.5, 0.6) is 0 Å². The molecule has 10 rings (SSSR count). The number of anilines is 2. The van der Waals surface area contributed by atoms with Gasteiger partial charge in [-0.3, -0.25) is 4.79 Å². The molecule has 250 valence electrons. The first kappa shape index (κ1) is 30.6. The summed E-state index contributed by atoms with van der Waals surface area (Å²) < 4.78 is 0. The zero-order valence-corrected chi connectivity index (χ0v) is 30.0. The van der Waals surface area contributed by atoms with Gasteiger partial charge in [0.1, 0.15) is 0 Å². The fourth-order valence-corrected chi connectivity index (χ4v) is 10.4. The molecule has 0 saturated carbocycles. The molecule has 2 nitrogen and oxygen atoms in total. The minimum atomic E-state index is -0.00508. The Balaban J connectivity index is 1.09. The molecule has 0 spiro atoms. The van der Waals surface area contributed by atoms with Gasteiger partial charge < -0.3 is 4.90 Å². The van der Waals surface area contributed by atoms with E-state index in [4.69, 9.17) is 0 Å². The van der Waals surface area contributed by atoms with Gasteiger partial charge in [-0.15, -0.1) is 0 Å². The minimum absolute atomic E-state index is 0.00508. The number of fused-ring (bicyclic) bond motifs is 7. The van der Waals surface area contributed by atoms with E-state index in [1.54, 1.807) is 11.1 Å². The van der Waals surface area contributed by atoms with Crippen LogP contribution in [0, 0.1) is 11.3 Å². The summed E-state index contributed by atoms with van der Waals surface area (Å²) in [6.45, 7) is 9.67. The summed E-state index contributed by atoms with van der Waals surface area (Å²) in [7, 11) is 0. The second-order valence-corrected chi connectivity index (χ2v) is 16.3. The lowest BCUT2D eigenvalue weighted by Crippen LogP contribution is -2.25. The molecular formula is C49H43NO. The van der Waals surface area contributed by atoms with Gasteiger partial charge in [-0.2, -0.15) is 0 Å². The average molecular weight is 662 g/mol. The Hall–Kier alpha value is -5.21. The first-order valence-corrected chi connectivity index (χ1v) is 18.8. The van der Waals surface area contributed by atoms with E-state index >= 15 is 0 Å². The van der Waals surface area contributed by atoms with Crippen molar-refractivity contribution in [3.8, 4) is 22.3 Å². The molecule has 0 aromatic heterocycles. The highest BCUT2D eigenvalue weighted by atomic mass is 16.1. The summed E-state index contributed by atoms with van der Waals surface area (Å²) in [6, 6.07) is 30.5. The van der Waals surface area contributed by atoms with E-state index in [0.717, 1.165) is 64.8 Å². The van der Waals surface area contributed by atoms with E-state index in [-0.39, 0.29) is 16.6 Å². The molecule has 0 fully saturated rings. The summed E-state index contributed by atoms with van der Waals surface area (Å²) in [5.74, 6) is 1.01. The molecule has 51 heavy (non-hydrogen) atoms. The SMILES string of the molecule is CC1(C)C2=C(CCC=C2)C2=C1C=C(N(c1ccc(-c3cccc4c3C(=O)c3ccccc3-4)cc1)c1ccc3c(c1)C(C)(C)C1C=CC=CC31)CC2. The van der Waals surface area contributed by atoms with Crippen LogP contribution in [0.1, 0.15) is 86.3 Å². The molecule has 0 aliphatic heterocycles. The van der Waals surface area contributed by atoms with E-state index in [9.17, 15) is 4.79 Å². The summed E-state index contributed by atoms with van der Waals surface area (Å²) in [5, 5.41) is 0. The van der Waals surface area contributed by atoms with Gasteiger partial charge in [-0.1, -0.05) is 125 Å². The number of hydrogen-bond donors (Lipinski definition) is 0. The number of carbonyl (C=O) groups is 1. The summed E-state index contributed by atoms with van der Waals surface area (Å²) in [6.07, 6.45) is 20.9. The van der Waals surface area contributed by atoms with Crippen LogP contribution < -0.4 is 4.90 Å². The molecule has 2 heteroatoms. The van der Waals surface area contributed by atoms with Crippen molar-refractivity contribution >= 4 is 17.2 Å². The molecule has 0 bridgehead atoms. The van der Waals surface area contributed by atoms with E-state index in [1.165, 1.54) is 33.7 Å². The van der Waals surface area contributed by atoms with Crippen LogP contribution >= 0.6 is 0 Å². The van der Waals surface area contributed by atoms with Crippen LogP contribution in [0.3, 0.4) is 0 Å². The van der Waals surface area contributed by atoms with Crippen molar-refractivity contribution in [1.82, 2.24) is 0 Å². The van der Waals surface area contributed by atoms with E-state index in [1.807, 2.05) is 18.2 Å². The molecule has 6 aliphatic carbocycles. The van der Waals surface area contributed by atoms with Crippen molar-refractivity contribution < 1.29 is 4.79 Å². The number of carbonyl (C=O) groups excluding carboxylic acids is 1. The molecule has 4 aromatic carbocycles. The summed E-state index contributed by atoms with van der Waals surface area (Å²) in [4.78, 5) is 16.2. The van der Waals surface area contributed by atoms with E-state index in [0.29, 0.717) is 11.8 Å². The number of nitrogens with zero attached hydrogens (tertiary/aromatic N) is 1. The van der Waals surface area contributed by atoms with Gasteiger partial charge in [0.05, 0.1) is 0 Å². The monoisotopic (exact) mass is 661 g/mol. The number of rotatable bonds is 4. The van der Waals surface area contributed by atoms with Crippen molar-refractivity contribution in [2.24, 2.45) is 11.3 Å². The Morgan fingerprint density at radius 1 is 0.686 bits per heavy atom. The lowest BCUT2D eigenvalue weighted by molar-refractivity contribution is 0.104. The van der Waals surface area contributed by atoms with Gasteiger partial charge in [0.15, 0.2) is 5.78 Å². The number of benzene rings is 4. The number of allylic oxidation sites excluding steroid dienone is 12. The highest BCUT2D eigenvalue weighted by Gasteiger charge is 2.45. The Kier molecular flexibility index (Phi) is 6.54. The van der Waals surface area contributed by atoms with Crippen LogP contribution in [0.25, 0.3) is 22.3 Å². The summed E-state index contributed by atoms with van der Waals surface area (Å²) in [5.41, 5.74) is 18.6. The maximum absolute atomic E-state index is 13.7. The Labute approximate surface area is 301 Å². The van der Waals surface area contributed by atoms with Crippen molar-refractivity contribution in [3.05, 3.63) is 178 Å². The second-order valence-electron chi connectivity index (χ2n) is 16.3. The quantitative estimate of drug-likeness (QED) is 0.191. The standard InChI is InChI=1S/C49H43NO/c1-48(2)42-18-9-7-13-36(42)38-26-24-32(28-44(38)48)50(33-25-27-39-37-14-8-10-19-43(37)49(3,4)45(39)29-33)31-22-20-30(21-23-31)34-16-11-17-40-35-12-5-6-15-41(35)47(51)46(34)40/h5-7,9-13,15-24,26,28-29,36,42H,8,14,25,27H2,1-4H3. The fraction of sp³-hybridized carbons (Fsp3) is 0.245. The Morgan fingerprint density at radius 3 is 2.25 bits per heavy atom. The molecule has 0 saturated heterocycles. The number of ketones is 1. The first-order valence-electron chi connectivity index (χ1n) is 18.8. The molecule has 0 amide bonds. The van der Waals surface area contributed by atoms with E-state index in [2.05, 4.69) is 142 Å². The van der Waals surface area contributed by atoms with Gasteiger partial charge in [-0.25, -0.2) is 0 Å². The number of hydrogen-bond acceptors (Lipinski definition) is 2. The molecule has 0 radical (unpaired) electrons. The van der Waals surface area contributed by atoms with Crippen molar-refractivity contribution in [3.63, 3.8) is 0 Å². The van der Waals surface area contributed by atoms with Gasteiger partial charge in [-0.05, 0) is 123 Å². The largest absolute Gasteiger partial charge is 0.314 e. The van der Waals surface area contributed by atoms with Crippen molar-refractivity contribution in [1.29, 1.82) is 0 Å². The van der Waals surface area contributed by atoms with Crippen LogP contribution in [0.4, 0.5) is 11.4 Å². The minimum Gasteiger partial charge on any atom is -0.314 e. The molecule has 0 heterocycles. The van der Waals surface area contributed by atoms with Crippen LogP contribution in [0.15, 0.2) is 155 Å². The predicted molar refractivity (Wildman–Crippen MR) is 210 cm³/mol. The molecule has 4 aromatic rings. The zero-order valence-electron chi connectivity index (χ0n) is 30.0. The molecule has 2 unspecified atom stereocenters. The third-order valence-electron chi connectivity index (χ3n) is 12.9. The Morgan fingerprint density at radius 2 is 1.41 bits per heavy atom. The highest BCUT2D eigenvalue weighted by molar-refractivity contribution is 6.24. The van der Waals surface area contributed by atoms with Crippen LogP contribution in [0.2, 0.25) is 0 Å². The fourth-order valence-electron chi connectivity index (χ4n) is 10.4. The van der Waals surface area contributed by atoms with Gasteiger partial charge >= 0.3 is 0 Å². The highest BCUT2D eigenvalue weighted by Crippen LogP contribution is 2.56. The lowest BCUT2D eigenvalue weighted by Gasteiger charge is -2.34. The van der Waals surface area contributed by atoms with E-state index < -0.39 is 0 Å². The van der Waals surface area contributed by atoms with Gasteiger partial charge in [0, 0.05) is 39.5 Å².